The van der Waals surface area contributed by atoms with E-state index in [-0.39, 0.29) is 11.4 Å². The second-order valence-corrected chi connectivity index (χ2v) is 6.40. The van der Waals surface area contributed by atoms with Gasteiger partial charge >= 0.3 is 6.09 Å². The number of hydrogen-bond acceptors (Lipinski definition) is 4. The molecular formula is C12H17NO5S. The highest BCUT2D eigenvalue weighted by molar-refractivity contribution is 7.85. The van der Waals surface area contributed by atoms with E-state index in [1.54, 1.807) is 20.8 Å². The maximum absolute atomic E-state index is 11.4. The van der Waals surface area contributed by atoms with Crippen molar-refractivity contribution in [2.75, 3.05) is 0 Å². The molecule has 0 unspecified atom stereocenters. The van der Waals surface area contributed by atoms with Crippen LogP contribution in [0.2, 0.25) is 0 Å². The smallest absolute Gasteiger partial charge is 0.407 e. The summed E-state index contributed by atoms with van der Waals surface area (Å²) in [7, 11) is -4.19. The molecule has 1 amide bonds. The van der Waals surface area contributed by atoms with Crippen LogP contribution in [0.15, 0.2) is 29.2 Å². The zero-order chi connectivity index (χ0) is 14.7. The topological polar surface area (TPSA) is 92.7 Å². The van der Waals surface area contributed by atoms with Crippen molar-refractivity contribution in [3.05, 3.63) is 29.8 Å². The summed E-state index contributed by atoms with van der Waals surface area (Å²) in [5, 5.41) is 2.54. The molecule has 6 nitrogen and oxygen atoms in total. The summed E-state index contributed by atoms with van der Waals surface area (Å²) in [6, 6.07) is 5.53. The monoisotopic (exact) mass is 287 g/mol. The van der Waals surface area contributed by atoms with Gasteiger partial charge in [-0.3, -0.25) is 4.55 Å². The van der Waals surface area contributed by atoms with Crippen molar-refractivity contribution in [1.82, 2.24) is 5.32 Å². The second-order valence-electron chi connectivity index (χ2n) is 4.97. The summed E-state index contributed by atoms with van der Waals surface area (Å²) in [5.74, 6) is 0. The Morgan fingerprint density at radius 2 is 1.79 bits per heavy atom. The van der Waals surface area contributed by atoms with Crippen molar-refractivity contribution in [1.29, 1.82) is 0 Å². The first kappa shape index (κ1) is 15.5. The Balaban J connectivity index is 2.58. The zero-order valence-electron chi connectivity index (χ0n) is 11.0. The van der Waals surface area contributed by atoms with E-state index < -0.39 is 21.8 Å². The molecule has 2 N–H and O–H groups in total. The Morgan fingerprint density at radius 1 is 1.26 bits per heavy atom. The summed E-state index contributed by atoms with van der Waals surface area (Å²) in [6.45, 7) is 5.48. The third-order valence-corrected chi connectivity index (χ3v) is 2.92. The molecular weight excluding hydrogens is 270 g/mol. The van der Waals surface area contributed by atoms with Crippen LogP contribution in [0.25, 0.3) is 0 Å². The Kier molecular flexibility index (Phi) is 4.54. The maximum atomic E-state index is 11.4. The van der Waals surface area contributed by atoms with Gasteiger partial charge in [0.25, 0.3) is 10.1 Å². The van der Waals surface area contributed by atoms with Gasteiger partial charge in [0, 0.05) is 6.54 Å². The van der Waals surface area contributed by atoms with E-state index in [1.807, 2.05) is 0 Å². The average molecular weight is 287 g/mol. The number of amides is 1. The van der Waals surface area contributed by atoms with E-state index in [1.165, 1.54) is 24.3 Å². The molecule has 0 fully saturated rings. The molecule has 0 heterocycles. The summed E-state index contributed by atoms with van der Waals surface area (Å²) < 4.78 is 35.5. The van der Waals surface area contributed by atoms with Gasteiger partial charge in [-0.2, -0.15) is 8.42 Å². The second kappa shape index (κ2) is 5.58. The van der Waals surface area contributed by atoms with E-state index in [2.05, 4.69) is 5.32 Å². The van der Waals surface area contributed by atoms with Crippen LogP contribution < -0.4 is 5.32 Å². The van der Waals surface area contributed by atoms with Gasteiger partial charge in [-0.05, 0) is 38.5 Å². The molecule has 0 aromatic heterocycles. The first-order valence-corrected chi connectivity index (χ1v) is 7.05. The van der Waals surface area contributed by atoms with Crippen LogP contribution in [-0.4, -0.2) is 24.7 Å². The van der Waals surface area contributed by atoms with E-state index in [4.69, 9.17) is 9.29 Å². The predicted molar refractivity (Wildman–Crippen MR) is 69.3 cm³/mol. The number of ether oxygens (including phenoxy) is 1. The lowest BCUT2D eigenvalue weighted by Gasteiger charge is -2.19. The van der Waals surface area contributed by atoms with E-state index in [0.29, 0.717) is 5.56 Å². The molecule has 19 heavy (non-hydrogen) atoms. The van der Waals surface area contributed by atoms with Crippen LogP contribution in [0.5, 0.6) is 0 Å². The number of rotatable bonds is 3. The number of nitrogens with one attached hydrogen (secondary N) is 1. The minimum absolute atomic E-state index is 0.187. The molecule has 106 valence electrons. The van der Waals surface area contributed by atoms with Crippen molar-refractivity contribution < 1.29 is 22.5 Å². The van der Waals surface area contributed by atoms with E-state index in [0.717, 1.165) is 0 Å². The Hall–Kier alpha value is -1.60. The van der Waals surface area contributed by atoms with Crippen LogP contribution in [0.3, 0.4) is 0 Å². The van der Waals surface area contributed by atoms with Crippen molar-refractivity contribution in [3.8, 4) is 0 Å². The van der Waals surface area contributed by atoms with Gasteiger partial charge in [-0.1, -0.05) is 12.1 Å². The van der Waals surface area contributed by atoms with Crippen LogP contribution in [0, 0.1) is 0 Å². The molecule has 7 heteroatoms. The summed E-state index contributed by atoms with van der Waals surface area (Å²) in [6.07, 6.45) is -0.550. The Bertz CT molecular complexity index is 542. The molecule has 0 aliphatic heterocycles. The third kappa shape index (κ3) is 5.71. The van der Waals surface area contributed by atoms with Gasteiger partial charge in [-0.25, -0.2) is 4.79 Å². The van der Waals surface area contributed by atoms with Crippen molar-refractivity contribution in [2.45, 2.75) is 37.8 Å². The lowest BCUT2D eigenvalue weighted by Crippen LogP contribution is -2.32. The number of benzene rings is 1. The summed E-state index contributed by atoms with van der Waals surface area (Å²) in [5.41, 5.74) is 0.122. The number of alkyl carbamates (subject to hydrolysis) is 1. The standard InChI is InChI=1S/C12H17NO5S/c1-12(2,3)18-11(14)13-8-9-4-6-10(7-5-9)19(15,16)17/h4-7H,8H2,1-3H3,(H,13,14)(H,15,16,17). The average Bonchev–Trinajstić information content (AvgIpc) is 2.23. The summed E-state index contributed by atoms with van der Waals surface area (Å²) in [4.78, 5) is 11.2. The minimum Gasteiger partial charge on any atom is -0.444 e. The molecule has 1 rings (SSSR count). The number of carbonyl (C=O) groups is 1. The van der Waals surface area contributed by atoms with Gasteiger partial charge < -0.3 is 10.1 Å². The van der Waals surface area contributed by atoms with Crippen LogP contribution in [0.4, 0.5) is 4.79 Å². The summed E-state index contributed by atoms with van der Waals surface area (Å²) >= 11 is 0. The SMILES string of the molecule is CC(C)(C)OC(=O)NCc1ccc(S(=O)(=O)O)cc1. The number of hydrogen-bond donors (Lipinski definition) is 2. The molecule has 0 aliphatic carbocycles. The lowest BCUT2D eigenvalue weighted by molar-refractivity contribution is 0.0523. The predicted octanol–water partition coefficient (Wildman–Crippen LogP) is 1.96. The van der Waals surface area contributed by atoms with E-state index in [9.17, 15) is 13.2 Å². The van der Waals surface area contributed by atoms with Crippen LogP contribution >= 0.6 is 0 Å². The normalized spacial score (nSPS) is 12.0. The molecule has 0 radical (unpaired) electrons. The van der Waals surface area contributed by atoms with Gasteiger partial charge in [0.2, 0.25) is 0 Å². The van der Waals surface area contributed by atoms with Gasteiger partial charge in [-0.15, -0.1) is 0 Å². The number of carbonyl (C=O) groups excluding carboxylic acids is 1. The van der Waals surface area contributed by atoms with Crippen molar-refractivity contribution >= 4 is 16.2 Å². The molecule has 0 saturated carbocycles. The largest absolute Gasteiger partial charge is 0.444 e. The first-order chi connectivity index (χ1) is 8.58. The maximum Gasteiger partial charge on any atom is 0.407 e. The van der Waals surface area contributed by atoms with Crippen LogP contribution in [0.1, 0.15) is 26.3 Å². The highest BCUT2D eigenvalue weighted by atomic mass is 32.2. The molecule has 0 bridgehead atoms. The molecule has 0 aliphatic rings. The highest BCUT2D eigenvalue weighted by Crippen LogP contribution is 2.10. The molecule has 0 spiro atoms. The van der Waals surface area contributed by atoms with Gasteiger partial charge in [0.1, 0.15) is 5.60 Å². The third-order valence-electron chi connectivity index (χ3n) is 2.06. The molecule has 0 atom stereocenters. The lowest BCUT2D eigenvalue weighted by atomic mass is 10.2. The molecule has 1 aromatic rings. The fourth-order valence-corrected chi connectivity index (χ4v) is 1.75. The highest BCUT2D eigenvalue weighted by Gasteiger charge is 2.15. The van der Waals surface area contributed by atoms with Crippen molar-refractivity contribution in [3.63, 3.8) is 0 Å². The van der Waals surface area contributed by atoms with E-state index >= 15 is 0 Å². The minimum atomic E-state index is -4.19. The first-order valence-electron chi connectivity index (χ1n) is 5.61. The fourth-order valence-electron chi connectivity index (χ4n) is 1.27. The Morgan fingerprint density at radius 3 is 2.21 bits per heavy atom. The van der Waals surface area contributed by atoms with Crippen molar-refractivity contribution in [2.24, 2.45) is 0 Å². The quantitative estimate of drug-likeness (QED) is 0.829. The Labute approximate surface area is 112 Å². The zero-order valence-corrected chi connectivity index (χ0v) is 11.8. The molecule has 1 aromatic carbocycles. The molecule has 0 saturated heterocycles. The van der Waals surface area contributed by atoms with Gasteiger partial charge in [0.15, 0.2) is 0 Å². The fraction of sp³-hybridized carbons (Fsp3) is 0.417. The van der Waals surface area contributed by atoms with Crippen LogP contribution in [-0.2, 0) is 21.4 Å². The van der Waals surface area contributed by atoms with Gasteiger partial charge in [0.05, 0.1) is 4.90 Å².